The zero-order valence-electron chi connectivity index (χ0n) is 12.5. The van der Waals surface area contributed by atoms with Crippen LogP contribution in [0.2, 0.25) is 0 Å². The molecule has 1 aliphatic carbocycles. The van der Waals surface area contributed by atoms with Gasteiger partial charge in [-0.3, -0.25) is 4.98 Å². The molecule has 0 bridgehead atoms. The molecule has 0 amide bonds. The fourth-order valence-electron chi connectivity index (χ4n) is 3.36. The van der Waals surface area contributed by atoms with Gasteiger partial charge in [0.15, 0.2) is 0 Å². The molecule has 0 radical (unpaired) electrons. The number of pyridine rings is 1. The Labute approximate surface area is 126 Å². The van der Waals surface area contributed by atoms with Gasteiger partial charge in [-0.1, -0.05) is 25.0 Å². The zero-order chi connectivity index (χ0) is 14.5. The van der Waals surface area contributed by atoms with E-state index in [4.69, 9.17) is 10.5 Å². The molecule has 1 heterocycles. The Kier molecular flexibility index (Phi) is 4.84. The number of rotatable bonds is 5. The second kappa shape index (κ2) is 7.01. The van der Waals surface area contributed by atoms with Gasteiger partial charge in [0.1, 0.15) is 0 Å². The first kappa shape index (κ1) is 14.5. The van der Waals surface area contributed by atoms with E-state index in [9.17, 15) is 0 Å². The van der Waals surface area contributed by atoms with E-state index in [2.05, 4.69) is 29.2 Å². The lowest BCUT2D eigenvalue weighted by Crippen LogP contribution is -2.29. The van der Waals surface area contributed by atoms with Crippen LogP contribution in [0.4, 0.5) is 0 Å². The van der Waals surface area contributed by atoms with E-state index in [0.29, 0.717) is 18.4 Å². The Balaban J connectivity index is 1.56. The summed E-state index contributed by atoms with van der Waals surface area (Å²) in [5, 5.41) is 1.18. The Morgan fingerprint density at radius 3 is 2.86 bits per heavy atom. The SMILES string of the molecule is NCC1CCCCC1COCc1ccc2ncccc2c1. The standard InChI is InChI=1S/C18H24N2O/c19-11-16-4-1-2-5-17(16)13-21-12-14-7-8-18-15(10-14)6-3-9-20-18/h3,6-10,16-17H,1-2,4-5,11-13,19H2. The van der Waals surface area contributed by atoms with Crippen molar-refractivity contribution in [1.82, 2.24) is 4.98 Å². The van der Waals surface area contributed by atoms with Gasteiger partial charge in [0.25, 0.3) is 0 Å². The van der Waals surface area contributed by atoms with Gasteiger partial charge in [-0.15, -0.1) is 0 Å². The molecule has 0 aliphatic heterocycles. The van der Waals surface area contributed by atoms with Gasteiger partial charge in [-0.25, -0.2) is 0 Å². The highest BCUT2D eigenvalue weighted by Crippen LogP contribution is 2.29. The molecular weight excluding hydrogens is 260 g/mol. The summed E-state index contributed by atoms with van der Waals surface area (Å²) in [5.41, 5.74) is 8.13. The topological polar surface area (TPSA) is 48.1 Å². The Morgan fingerprint density at radius 1 is 1.14 bits per heavy atom. The van der Waals surface area contributed by atoms with Crippen LogP contribution in [0.15, 0.2) is 36.5 Å². The number of nitrogens with zero attached hydrogens (tertiary/aromatic N) is 1. The Hall–Kier alpha value is -1.45. The average Bonchev–Trinajstić information content (AvgIpc) is 2.55. The summed E-state index contributed by atoms with van der Waals surface area (Å²) in [6, 6.07) is 10.4. The molecule has 1 fully saturated rings. The van der Waals surface area contributed by atoms with E-state index in [1.165, 1.54) is 36.6 Å². The molecule has 3 rings (SSSR count). The van der Waals surface area contributed by atoms with Crippen LogP contribution in [0.1, 0.15) is 31.2 Å². The van der Waals surface area contributed by atoms with Gasteiger partial charge in [0.2, 0.25) is 0 Å². The summed E-state index contributed by atoms with van der Waals surface area (Å²) in [4.78, 5) is 4.34. The molecule has 0 saturated heterocycles. The minimum atomic E-state index is 0.644. The van der Waals surface area contributed by atoms with E-state index >= 15 is 0 Å². The maximum atomic E-state index is 5.96. The van der Waals surface area contributed by atoms with Gasteiger partial charge < -0.3 is 10.5 Å². The van der Waals surface area contributed by atoms with Crippen LogP contribution in [0.3, 0.4) is 0 Å². The van der Waals surface area contributed by atoms with Crippen molar-refractivity contribution in [2.24, 2.45) is 17.6 Å². The van der Waals surface area contributed by atoms with Gasteiger partial charge in [0, 0.05) is 11.6 Å². The molecule has 0 spiro atoms. The summed E-state index contributed by atoms with van der Waals surface area (Å²) < 4.78 is 5.96. The number of hydrogen-bond donors (Lipinski definition) is 1. The van der Waals surface area contributed by atoms with Crippen molar-refractivity contribution in [3.8, 4) is 0 Å². The zero-order valence-corrected chi connectivity index (χ0v) is 12.5. The maximum absolute atomic E-state index is 5.96. The van der Waals surface area contributed by atoms with Crippen LogP contribution in [-0.4, -0.2) is 18.1 Å². The number of hydrogen-bond acceptors (Lipinski definition) is 3. The third-order valence-electron chi connectivity index (χ3n) is 4.64. The van der Waals surface area contributed by atoms with Crippen LogP contribution in [0, 0.1) is 11.8 Å². The summed E-state index contributed by atoms with van der Waals surface area (Å²) in [6.45, 7) is 2.32. The Morgan fingerprint density at radius 2 is 2.00 bits per heavy atom. The molecule has 1 aromatic carbocycles. The van der Waals surface area contributed by atoms with Crippen LogP contribution >= 0.6 is 0 Å². The lowest BCUT2D eigenvalue weighted by atomic mass is 9.80. The monoisotopic (exact) mass is 284 g/mol. The molecule has 3 nitrogen and oxygen atoms in total. The highest BCUT2D eigenvalue weighted by molar-refractivity contribution is 5.78. The predicted molar refractivity (Wildman–Crippen MR) is 85.9 cm³/mol. The molecule has 1 aromatic heterocycles. The van der Waals surface area contributed by atoms with Crippen molar-refractivity contribution in [3.63, 3.8) is 0 Å². The second-order valence-corrected chi connectivity index (χ2v) is 6.09. The van der Waals surface area contributed by atoms with Crippen LogP contribution < -0.4 is 5.73 Å². The third-order valence-corrected chi connectivity index (χ3v) is 4.64. The summed E-state index contributed by atoms with van der Waals surface area (Å²) in [6.07, 6.45) is 7.02. The Bertz CT molecular complexity index is 584. The van der Waals surface area contributed by atoms with E-state index in [1.54, 1.807) is 0 Å². The van der Waals surface area contributed by atoms with Crippen molar-refractivity contribution < 1.29 is 4.74 Å². The van der Waals surface area contributed by atoms with Crippen LogP contribution in [-0.2, 0) is 11.3 Å². The van der Waals surface area contributed by atoms with Crippen molar-refractivity contribution in [2.75, 3.05) is 13.2 Å². The summed E-state index contributed by atoms with van der Waals surface area (Å²) >= 11 is 0. The van der Waals surface area contributed by atoms with Gasteiger partial charge in [-0.05, 0) is 55.0 Å². The molecule has 2 unspecified atom stereocenters. The maximum Gasteiger partial charge on any atom is 0.0717 e. The van der Waals surface area contributed by atoms with Crippen LogP contribution in [0.5, 0.6) is 0 Å². The number of aromatic nitrogens is 1. The normalized spacial score (nSPS) is 22.5. The van der Waals surface area contributed by atoms with E-state index in [1.807, 2.05) is 12.3 Å². The second-order valence-electron chi connectivity index (χ2n) is 6.09. The van der Waals surface area contributed by atoms with E-state index in [0.717, 1.165) is 18.7 Å². The number of ether oxygens (including phenoxy) is 1. The quantitative estimate of drug-likeness (QED) is 0.914. The molecule has 2 N–H and O–H groups in total. The molecule has 1 aliphatic rings. The molecular formula is C18H24N2O. The van der Waals surface area contributed by atoms with Gasteiger partial charge in [-0.2, -0.15) is 0 Å². The predicted octanol–water partition coefficient (Wildman–Crippen LogP) is 3.52. The first-order valence-corrected chi connectivity index (χ1v) is 7.98. The van der Waals surface area contributed by atoms with Crippen molar-refractivity contribution in [1.29, 1.82) is 0 Å². The van der Waals surface area contributed by atoms with Crippen LogP contribution in [0.25, 0.3) is 10.9 Å². The molecule has 21 heavy (non-hydrogen) atoms. The van der Waals surface area contributed by atoms with Crippen molar-refractivity contribution in [2.45, 2.75) is 32.3 Å². The number of benzene rings is 1. The lowest BCUT2D eigenvalue weighted by Gasteiger charge is -2.30. The highest BCUT2D eigenvalue weighted by Gasteiger charge is 2.23. The fraction of sp³-hybridized carbons (Fsp3) is 0.500. The highest BCUT2D eigenvalue weighted by atomic mass is 16.5. The average molecular weight is 284 g/mol. The molecule has 2 aromatic rings. The number of fused-ring (bicyclic) bond motifs is 1. The smallest absolute Gasteiger partial charge is 0.0717 e. The van der Waals surface area contributed by atoms with Gasteiger partial charge >= 0.3 is 0 Å². The third kappa shape index (κ3) is 3.60. The van der Waals surface area contributed by atoms with Crippen molar-refractivity contribution in [3.05, 3.63) is 42.1 Å². The van der Waals surface area contributed by atoms with E-state index in [-0.39, 0.29) is 0 Å². The first-order chi connectivity index (χ1) is 10.4. The largest absolute Gasteiger partial charge is 0.376 e. The number of nitrogens with two attached hydrogens (primary N) is 1. The molecule has 2 atom stereocenters. The fourth-order valence-corrected chi connectivity index (χ4v) is 3.36. The first-order valence-electron chi connectivity index (χ1n) is 7.98. The summed E-state index contributed by atoms with van der Waals surface area (Å²) in [7, 11) is 0. The van der Waals surface area contributed by atoms with Crippen molar-refractivity contribution >= 4 is 10.9 Å². The minimum Gasteiger partial charge on any atom is -0.376 e. The summed E-state index contributed by atoms with van der Waals surface area (Å²) in [5.74, 6) is 1.30. The molecule has 3 heteroatoms. The lowest BCUT2D eigenvalue weighted by molar-refractivity contribution is 0.0513. The minimum absolute atomic E-state index is 0.644. The molecule has 1 saturated carbocycles. The van der Waals surface area contributed by atoms with E-state index < -0.39 is 0 Å². The van der Waals surface area contributed by atoms with Gasteiger partial charge in [0.05, 0.1) is 18.7 Å². The molecule has 112 valence electrons.